The summed E-state index contributed by atoms with van der Waals surface area (Å²) in [5.41, 5.74) is 5.60. The topological polar surface area (TPSA) is 41.9 Å². The molecular weight excluding hydrogens is 347 g/mol. The van der Waals surface area contributed by atoms with Gasteiger partial charge in [-0.2, -0.15) is 5.10 Å². The highest BCUT2D eigenvalue weighted by molar-refractivity contribution is 7.80. The van der Waals surface area contributed by atoms with Gasteiger partial charge in [-0.25, -0.2) is 4.39 Å². The Morgan fingerprint density at radius 3 is 2.58 bits per heavy atom. The molecule has 2 N–H and O–H groups in total. The number of anilines is 2. The van der Waals surface area contributed by atoms with E-state index in [4.69, 9.17) is 12.2 Å². The Kier molecular flexibility index (Phi) is 5.32. The van der Waals surface area contributed by atoms with Crippen molar-refractivity contribution in [3.63, 3.8) is 0 Å². The molecule has 2 aromatic carbocycles. The molecule has 0 aliphatic carbocycles. The van der Waals surface area contributed by atoms with Gasteiger partial charge in [0.15, 0.2) is 5.11 Å². The Balaban J connectivity index is 1.75. The molecule has 0 fully saturated rings. The number of aromatic nitrogens is 2. The van der Waals surface area contributed by atoms with Crippen molar-refractivity contribution in [3.05, 3.63) is 76.9 Å². The van der Waals surface area contributed by atoms with Gasteiger partial charge in [0, 0.05) is 5.69 Å². The predicted octanol–water partition coefficient (Wildman–Crippen LogP) is 4.80. The zero-order valence-corrected chi connectivity index (χ0v) is 15.8. The SMILES string of the molecule is Cc1ccccc1NC(=S)Nc1c(C)nn(Cc2cccc(F)c2)c1C. The van der Waals surface area contributed by atoms with Gasteiger partial charge in [0.25, 0.3) is 0 Å². The summed E-state index contributed by atoms with van der Waals surface area (Å²) in [4.78, 5) is 0. The van der Waals surface area contributed by atoms with Crippen molar-refractivity contribution in [3.8, 4) is 0 Å². The third kappa shape index (κ3) is 4.08. The second kappa shape index (κ2) is 7.66. The van der Waals surface area contributed by atoms with Gasteiger partial charge in [-0.1, -0.05) is 30.3 Å². The molecule has 0 radical (unpaired) electrons. The fourth-order valence-corrected chi connectivity index (χ4v) is 3.03. The van der Waals surface area contributed by atoms with Crippen LogP contribution in [0.25, 0.3) is 0 Å². The Hall–Kier alpha value is -2.73. The molecule has 1 aromatic heterocycles. The third-order valence-electron chi connectivity index (χ3n) is 4.23. The quantitative estimate of drug-likeness (QED) is 0.649. The molecule has 134 valence electrons. The van der Waals surface area contributed by atoms with Crippen LogP contribution >= 0.6 is 12.2 Å². The molecule has 0 atom stereocenters. The van der Waals surface area contributed by atoms with E-state index in [1.807, 2.05) is 55.8 Å². The van der Waals surface area contributed by atoms with Crippen LogP contribution in [0.3, 0.4) is 0 Å². The Morgan fingerprint density at radius 1 is 1.08 bits per heavy atom. The van der Waals surface area contributed by atoms with Crippen LogP contribution in [0.15, 0.2) is 48.5 Å². The molecule has 0 amide bonds. The first-order valence-electron chi connectivity index (χ1n) is 8.36. The minimum Gasteiger partial charge on any atom is -0.332 e. The van der Waals surface area contributed by atoms with Crippen LogP contribution in [0.1, 0.15) is 22.5 Å². The molecule has 1 heterocycles. The van der Waals surface area contributed by atoms with Crippen LogP contribution in [-0.2, 0) is 6.54 Å². The van der Waals surface area contributed by atoms with Crippen molar-refractivity contribution in [2.75, 3.05) is 10.6 Å². The molecule has 6 heteroatoms. The summed E-state index contributed by atoms with van der Waals surface area (Å²) < 4.78 is 15.2. The summed E-state index contributed by atoms with van der Waals surface area (Å²) in [6, 6.07) is 14.5. The van der Waals surface area contributed by atoms with E-state index in [2.05, 4.69) is 15.7 Å². The average Bonchev–Trinajstić information content (AvgIpc) is 2.84. The van der Waals surface area contributed by atoms with Crippen molar-refractivity contribution in [2.45, 2.75) is 27.3 Å². The second-order valence-electron chi connectivity index (χ2n) is 6.23. The summed E-state index contributed by atoms with van der Waals surface area (Å²) in [6.45, 7) is 6.42. The maximum Gasteiger partial charge on any atom is 0.175 e. The number of nitrogens with one attached hydrogen (secondary N) is 2. The van der Waals surface area contributed by atoms with Crippen LogP contribution in [-0.4, -0.2) is 14.9 Å². The largest absolute Gasteiger partial charge is 0.332 e. The standard InChI is InChI=1S/C20H21FN4S/c1-13-7-4-5-10-18(13)22-20(26)23-19-14(2)24-25(15(19)3)12-16-8-6-9-17(21)11-16/h4-11H,12H2,1-3H3,(H2,22,23,26). The number of halogens is 1. The van der Waals surface area contributed by atoms with Gasteiger partial charge in [-0.05, 0) is 62.3 Å². The number of nitrogens with zero attached hydrogens (tertiary/aromatic N) is 2. The van der Waals surface area contributed by atoms with Crippen molar-refractivity contribution in [1.82, 2.24) is 9.78 Å². The molecule has 0 spiro atoms. The lowest BCUT2D eigenvalue weighted by molar-refractivity contribution is 0.616. The van der Waals surface area contributed by atoms with Gasteiger partial charge in [0.05, 0.1) is 23.6 Å². The number of thiocarbonyl (C=S) groups is 1. The number of para-hydroxylation sites is 1. The van der Waals surface area contributed by atoms with E-state index in [1.54, 1.807) is 6.07 Å². The van der Waals surface area contributed by atoms with Gasteiger partial charge in [-0.15, -0.1) is 0 Å². The lowest BCUT2D eigenvalue weighted by atomic mass is 10.2. The second-order valence-corrected chi connectivity index (χ2v) is 6.64. The first-order valence-corrected chi connectivity index (χ1v) is 8.77. The first-order chi connectivity index (χ1) is 12.4. The monoisotopic (exact) mass is 368 g/mol. The summed E-state index contributed by atoms with van der Waals surface area (Å²) in [5.74, 6) is -0.244. The average molecular weight is 368 g/mol. The lowest BCUT2D eigenvalue weighted by Gasteiger charge is -2.13. The molecule has 0 saturated heterocycles. The van der Waals surface area contributed by atoms with Crippen molar-refractivity contribution >= 4 is 28.7 Å². The van der Waals surface area contributed by atoms with Gasteiger partial charge in [0.2, 0.25) is 0 Å². The molecule has 3 rings (SSSR count). The molecule has 0 aliphatic rings. The lowest BCUT2D eigenvalue weighted by Crippen LogP contribution is -2.20. The highest BCUT2D eigenvalue weighted by Crippen LogP contribution is 2.21. The van der Waals surface area contributed by atoms with Crippen LogP contribution in [0.4, 0.5) is 15.8 Å². The van der Waals surface area contributed by atoms with Gasteiger partial charge in [-0.3, -0.25) is 4.68 Å². The zero-order chi connectivity index (χ0) is 18.7. The fourth-order valence-electron chi connectivity index (χ4n) is 2.82. The molecule has 26 heavy (non-hydrogen) atoms. The van der Waals surface area contributed by atoms with Crippen molar-refractivity contribution in [1.29, 1.82) is 0 Å². The minimum absolute atomic E-state index is 0.244. The van der Waals surface area contributed by atoms with E-state index in [9.17, 15) is 4.39 Å². The third-order valence-corrected chi connectivity index (χ3v) is 4.44. The fraction of sp³-hybridized carbons (Fsp3) is 0.200. The maximum absolute atomic E-state index is 13.4. The Labute approximate surface area is 158 Å². The Morgan fingerprint density at radius 2 is 1.85 bits per heavy atom. The van der Waals surface area contributed by atoms with Crippen molar-refractivity contribution < 1.29 is 4.39 Å². The van der Waals surface area contributed by atoms with Gasteiger partial charge < -0.3 is 10.6 Å². The molecule has 0 unspecified atom stereocenters. The zero-order valence-electron chi connectivity index (χ0n) is 15.0. The Bertz CT molecular complexity index is 949. The number of benzene rings is 2. The van der Waals surface area contributed by atoms with Crippen LogP contribution in [0.5, 0.6) is 0 Å². The summed E-state index contributed by atoms with van der Waals surface area (Å²) >= 11 is 5.44. The molecule has 4 nitrogen and oxygen atoms in total. The smallest absolute Gasteiger partial charge is 0.175 e. The predicted molar refractivity (Wildman–Crippen MR) is 108 cm³/mol. The highest BCUT2D eigenvalue weighted by Gasteiger charge is 2.13. The van der Waals surface area contributed by atoms with E-state index < -0.39 is 0 Å². The van der Waals surface area contributed by atoms with Gasteiger partial charge >= 0.3 is 0 Å². The van der Waals surface area contributed by atoms with E-state index in [0.29, 0.717) is 11.7 Å². The van der Waals surface area contributed by atoms with Crippen LogP contribution < -0.4 is 10.6 Å². The van der Waals surface area contributed by atoms with E-state index >= 15 is 0 Å². The van der Waals surface area contributed by atoms with E-state index in [-0.39, 0.29) is 5.82 Å². The van der Waals surface area contributed by atoms with Crippen LogP contribution in [0, 0.1) is 26.6 Å². The number of rotatable bonds is 4. The molecule has 0 bridgehead atoms. The summed E-state index contributed by atoms with van der Waals surface area (Å²) in [7, 11) is 0. The summed E-state index contributed by atoms with van der Waals surface area (Å²) in [6.07, 6.45) is 0. The number of aryl methyl sites for hydroxylation is 2. The van der Waals surface area contributed by atoms with Crippen LogP contribution in [0.2, 0.25) is 0 Å². The first kappa shape index (κ1) is 18.1. The highest BCUT2D eigenvalue weighted by atomic mass is 32.1. The minimum atomic E-state index is -0.244. The van der Waals surface area contributed by atoms with E-state index in [0.717, 1.165) is 33.9 Å². The molecule has 3 aromatic rings. The van der Waals surface area contributed by atoms with E-state index in [1.165, 1.54) is 12.1 Å². The molecular formula is C20H21FN4S. The summed E-state index contributed by atoms with van der Waals surface area (Å²) in [5, 5.41) is 11.5. The number of hydrogen-bond donors (Lipinski definition) is 2. The molecule has 0 saturated carbocycles. The maximum atomic E-state index is 13.4. The molecule has 0 aliphatic heterocycles. The van der Waals surface area contributed by atoms with Gasteiger partial charge in [0.1, 0.15) is 5.82 Å². The normalized spacial score (nSPS) is 10.6. The number of hydrogen-bond acceptors (Lipinski definition) is 2. The van der Waals surface area contributed by atoms with Crippen molar-refractivity contribution in [2.24, 2.45) is 0 Å².